The van der Waals surface area contributed by atoms with Crippen molar-refractivity contribution in [2.75, 3.05) is 6.54 Å². The Balaban J connectivity index is 0. The lowest BCUT2D eigenvalue weighted by Gasteiger charge is -2.28. The standard InChI is InChI=1S/C12H26N2O.ClH/c1-9(2)8-14(10(3)4)12(15)7-6-11(5)13;/h9-11H,6-8,13H2,1-5H3;1H. The van der Waals surface area contributed by atoms with Crippen LogP contribution >= 0.6 is 12.4 Å². The van der Waals surface area contributed by atoms with Crippen molar-refractivity contribution in [2.45, 2.75) is 59.5 Å². The Morgan fingerprint density at radius 3 is 2.00 bits per heavy atom. The van der Waals surface area contributed by atoms with E-state index in [9.17, 15) is 4.79 Å². The Morgan fingerprint density at radius 2 is 1.69 bits per heavy atom. The van der Waals surface area contributed by atoms with E-state index in [4.69, 9.17) is 5.73 Å². The van der Waals surface area contributed by atoms with Gasteiger partial charge in [0.2, 0.25) is 5.91 Å². The van der Waals surface area contributed by atoms with Crippen molar-refractivity contribution in [2.24, 2.45) is 11.7 Å². The fourth-order valence-corrected chi connectivity index (χ4v) is 1.49. The molecule has 1 amide bonds. The lowest BCUT2D eigenvalue weighted by molar-refractivity contribution is -0.133. The average molecular weight is 251 g/mol. The Morgan fingerprint density at radius 1 is 1.19 bits per heavy atom. The first kappa shape index (κ1) is 18.1. The first-order valence-corrected chi connectivity index (χ1v) is 5.89. The molecule has 0 aliphatic carbocycles. The van der Waals surface area contributed by atoms with Crippen LogP contribution in [0.2, 0.25) is 0 Å². The molecule has 0 aliphatic heterocycles. The molecule has 3 nitrogen and oxygen atoms in total. The molecule has 0 aliphatic rings. The highest BCUT2D eigenvalue weighted by atomic mass is 35.5. The molecular weight excluding hydrogens is 224 g/mol. The molecule has 16 heavy (non-hydrogen) atoms. The molecule has 0 aromatic heterocycles. The molecule has 0 heterocycles. The Hall–Kier alpha value is -0.280. The van der Waals surface area contributed by atoms with Crippen molar-refractivity contribution >= 4 is 18.3 Å². The van der Waals surface area contributed by atoms with Crippen LogP contribution in [0.3, 0.4) is 0 Å². The molecule has 0 aromatic carbocycles. The molecule has 0 fully saturated rings. The first-order valence-electron chi connectivity index (χ1n) is 5.89. The van der Waals surface area contributed by atoms with Gasteiger partial charge in [-0.05, 0) is 33.1 Å². The normalized spacial score (nSPS) is 12.5. The number of hydrogen-bond donors (Lipinski definition) is 1. The quantitative estimate of drug-likeness (QED) is 0.787. The van der Waals surface area contributed by atoms with Gasteiger partial charge in [-0.25, -0.2) is 0 Å². The van der Waals surface area contributed by atoms with E-state index in [1.54, 1.807) is 0 Å². The van der Waals surface area contributed by atoms with Crippen molar-refractivity contribution in [3.8, 4) is 0 Å². The minimum absolute atomic E-state index is 0. The summed E-state index contributed by atoms with van der Waals surface area (Å²) in [5, 5.41) is 0. The van der Waals surface area contributed by atoms with Gasteiger partial charge in [-0.3, -0.25) is 4.79 Å². The van der Waals surface area contributed by atoms with Crippen molar-refractivity contribution in [3.05, 3.63) is 0 Å². The molecule has 0 rings (SSSR count). The molecule has 1 atom stereocenters. The van der Waals surface area contributed by atoms with Gasteiger partial charge in [-0.1, -0.05) is 13.8 Å². The predicted octanol–water partition coefficient (Wildman–Crippen LogP) is 2.43. The summed E-state index contributed by atoms with van der Waals surface area (Å²) in [5.41, 5.74) is 5.65. The van der Waals surface area contributed by atoms with Crippen LogP contribution in [0.4, 0.5) is 0 Å². The van der Waals surface area contributed by atoms with E-state index in [1.807, 2.05) is 11.8 Å². The lowest BCUT2D eigenvalue weighted by Crippen LogP contribution is -2.39. The fraction of sp³-hybridized carbons (Fsp3) is 0.917. The molecular formula is C12H27ClN2O. The van der Waals surface area contributed by atoms with Crippen LogP contribution < -0.4 is 5.73 Å². The average Bonchev–Trinajstić information content (AvgIpc) is 2.09. The van der Waals surface area contributed by atoms with Crippen molar-refractivity contribution in [1.82, 2.24) is 4.90 Å². The third-order valence-corrected chi connectivity index (χ3v) is 2.32. The number of halogens is 1. The summed E-state index contributed by atoms with van der Waals surface area (Å²) in [6.45, 7) is 11.2. The van der Waals surface area contributed by atoms with Gasteiger partial charge in [0, 0.05) is 25.0 Å². The third-order valence-electron chi connectivity index (χ3n) is 2.32. The lowest BCUT2D eigenvalue weighted by atomic mass is 10.1. The molecule has 0 aromatic rings. The Bertz CT molecular complexity index is 193. The molecule has 1 unspecified atom stereocenters. The first-order chi connectivity index (χ1) is 6.84. The minimum atomic E-state index is 0. The zero-order valence-corrected chi connectivity index (χ0v) is 12.0. The maximum atomic E-state index is 11.9. The van der Waals surface area contributed by atoms with Crippen LogP contribution in [0.1, 0.15) is 47.5 Å². The number of hydrogen-bond acceptors (Lipinski definition) is 2. The highest BCUT2D eigenvalue weighted by Gasteiger charge is 2.17. The second-order valence-electron chi connectivity index (χ2n) is 5.05. The topological polar surface area (TPSA) is 46.3 Å². The summed E-state index contributed by atoms with van der Waals surface area (Å²) in [5.74, 6) is 0.752. The van der Waals surface area contributed by atoms with E-state index >= 15 is 0 Å². The highest BCUT2D eigenvalue weighted by molar-refractivity contribution is 5.85. The summed E-state index contributed by atoms with van der Waals surface area (Å²) in [7, 11) is 0. The SMILES string of the molecule is CC(C)CN(C(=O)CCC(C)N)C(C)C.Cl. The zero-order valence-electron chi connectivity index (χ0n) is 11.2. The van der Waals surface area contributed by atoms with Gasteiger partial charge in [0.1, 0.15) is 0 Å². The summed E-state index contributed by atoms with van der Waals surface area (Å²) in [6.07, 6.45) is 1.35. The molecule has 2 N–H and O–H groups in total. The molecule has 4 heteroatoms. The van der Waals surface area contributed by atoms with Crippen molar-refractivity contribution in [3.63, 3.8) is 0 Å². The molecule has 0 saturated carbocycles. The Kier molecular flexibility index (Phi) is 9.98. The summed E-state index contributed by atoms with van der Waals surface area (Å²) in [6, 6.07) is 0.398. The van der Waals surface area contributed by atoms with Gasteiger partial charge in [0.15, 0.2) is 0 Å². The minimum Gasteiger partial charge on any atom is -0.340 e. The van der Waals surface area contributed by atoms with Gasteiger partial charge < -0.3 is 10.6 Å². The van der Waals surface area contributed by atoms with Gasteiger partial charge in [-0.15, -0.1) is 12.4 Å². The molecule has 0 radical (unpaired) electrons. The fourth-order valence-electron chi connectivity index (χ4n) is 1.49. The van der Waals surface area contributed by atoms with E-state index in [1.165, 1.54) is 0 Å². The number of carbonyl (C=O) groups excluding carboxylic acids is 1. The monoisotopic (exact) mass is 250 g/mol. The second-order valence-corrected chi connectivity index (χ2v) is 5.05. The van der Waals surface area contributed by atoms with E-state index in [-0.39, 0.29) is 30.4 Å². The second kappa shape index (κ2) is 8.82. The van der Waals surface area contributed by atoms with E-state index < -0.39 is 0 Å². The van der Waals surface area contributed by atoms with Crippen LogP contribution in [-0.4, -0.2) is 29.4 Å². The van der Waals surface area contributed by atoms with E-state index in [2.05, 4.69) is 27.7 Å². The predicted molar refractivity (Wildman–Crippen MR) is 71.8 cm³/mol. The third kappa shape index (κ3) is 7.94. The number of carbonyl (C=O) groups is 1. The van der Waals surface area contributed by atoms with Crippen molar-refractivity contribution in [1.29, 1.82) is 0 Å². The van der Waals surface area contributed by atoms with Crippen LogP contribution in [0.15, 0.2) is 0 Å². The molecule has 0 saturated heterocycles. The zero-order chi connectivity index (χ0) is 12.0. The van der Waals surface area contributed by atoms with E-state index in [0.717, 1.165) is 13.0 Å². The van der Waals surface area contributed by atoms with Gasteiger partial charge in [0.05, 0.1) is 0 Å². The highest BCUT2D eigenvalue weighted by Crippen LogP contribution is 2.08. The van der Waals surface area contributed by atoms with Gasteiger partial charge in [0.25, 0.3) is 0 Å². The summed E-state index contributed by atoms with van der Waals surface area (Å²) < 4.78 is 0. The number of nitrogens with two attached hydrogens (primary N) is 1. The Labute approximate surface area is 106 Å². The molecule has 98 valence electrons. The number of amides is 1. The summed E-state index contributed by atoms with van der Waals surface area (Å²) >= 11 is 0. The van der Waals surface area contributed by atoms with E-state index in [0.29, 0.717) is 12.3 Å². The number of rotatable bonds is 6. The largest absolute Gasteiger partial charge is 0.340 e. The van der Waals surface area contributed by atoms with Gasteiger partial charge >= 0.3 is 0 Å². The van der Waals surface area contributed by atoms with Crippen LogP contribution in [0, 0.1) is 5.92 Å². The number of nitrogens with zero attached hydrogens (tertiary/aromatic N) is 1. The van der Waals surface area contributed by atoms with Crippen LogP contribution in [0.5, 0.6) is 0 Å². The molecule has 0 bridgehead atoms. The van der Waals surface area contributed by atoms with Gasteiger partial charge in [-0.2, -0.15) is 0 Å². The maximum absolute atomic E-state index is 11.9. The smallest absolute Gasteiger partial charge is 0.222 e. The van der Waals surface area contributed by atoms with Crippen LogP contribution in [-0.2, 0) is 4.79 Å². The maximum Gasteiger partial charge on any atom is 0.222 e. The van der Waals surface area contributed by atoms with Crippen molar-refractivity contribution < 1.29 is 4.79 Å². The summed E-state index contributed by atoms with van der Waals surface area (Å²) in [4.78, 5) is 13.8. The van der Waals surface area contributed by atoms with Crippen LogP contribution in [0.25, 0.3) is 0 Å². The molecule has 0 spiro atoms.